The van der Waals surface area contributed by atoms with Crippen molar-refractivity contribution in [3.8, 4) is 5.75 Å². The molecule has 4 heteroatoms. The molecule has 1 unspecified atom stereocenters. The lowest BCUT2D eigenvalue weighted by Crippen LogP contribution is -2.11. The van der Waals surface area contributed by atoms with Crippen LogP contribution in [0.15, 0.2) is 18.2 Å². The van der Waals surface area contributed by atoms with E-state index in [1.54, 1.807) is 7.11 Å². The molecule has 17 heavy (non-hydrogen) atoms. The predicted octanol–water partition coefficient (Wildman–Crippen LogP) is 1.72. The first-order chi connectivity index (χ1) is 8.35. The van der Waals surface area contributed by atoms with Crippen molar-refractivity contribution in [2.24, 2.45) is 5.92 Å². The summed E-state index contributed by atoms with van der Waals surface area (Å²) in [6.45, 7) is 2.25. The zero-order chi connectivity index (χ0) is 11.7. The Morgan fingerprint density at radius 1 is 1.47 bits per heavy atom. The monoisotopic (exact) mass is 231 g/mol. The van der Waals surface area contributed by atoms with E-state index < -0.39 is 0 Å². The smallest absolute Gasteiger partial charge is 0.121 e. The fourth-order valence-corrected chi connectivity index (χ4v) is 2.43. The van der Waals surface area contributed by atoms with Crippen LogP contribution >= 0.6 is 0 Å². The minimum Gasteiger partial charge on any atom is -0.497 e. The van der Waals surface area contributed by atoms with Gasteiger partial charge in [0.15, 0.2) is 0 Å². The van der Waals surface area contributed by atoms with E-state index in [9.17, 15) is 0 Å². The van der Waals surface area contributed by atoms with Crippen molar-refractivity contribution in [2.75, 3.05) is 20.2 Å². The van der Waals surface area contributed by atoms with Crippen molar-refractivity contribution in [1.29, 1.82) is 0 Å². The highest BCUT2D eigenvalue weighted by Crippen LogP contribution is 2.20. The van der Waals surface area contributed by atoms with Gasteiger partial charge in [0.1, 0.15) is 11.6 Å². The quantitative estimate of drug-likeness (QED) is 0.845. The molecule has 1 aromatic carbocycles. The van der Waals surface area contributed by atoms with Gasteiger partial charge in [-0.3, -0.25) is 0 Å². The normalized spacial score (nSPS) is 19.9. The lowest BCUT2D eigenvalue weighted by molar-refractivity contribution is 0.415. The molecule has 1 aromatic heterocycles. The number of aromatic nitrogens is 2. The van der Waals surface area contributed by atoms with E-state index >= 15 is 0 Å². The maximum Gasteiger partial charge on any atom is 0.121 e. The second-order valence-electron chi connectivity index (χ2n) is 4.63. The number of H-pyrrole nitrogens is 1. The summed E-state index contributed by atoms with van der Waals surface area (Å²) in [4.78, 5) is 7.99. The van der Waals surface area contributed by atoms with Crippen LogP contribution in [-0.4, -0.2) is 30.2 Å². The van der Waals surface area contributed by atoms with Crippen LogP contribution in [0.5, 0.6) is 5.75 Å². The molecule has 0 saturated carbocycles. The standard InChI is InChI=1S/C13H17N3O/c1-17-10-2-3-11-12(7-10)16-13(15-11)6-9-4-5-14-8-9/h2-3,7,9,14H,4-6,8H2,1H3,(H,15,16). The van der Waals surface area contributed by atoms with Crippen LogP contribution in [0.3, 0.4) is 0 Å². The van der Waals surface area contributed by atoms with Crippen LogP contribution in [0.4, 0.5) is 0 Å². The van der Waals surface area contributed by atoms with Crippen LogP contribution in [0, 0.1) is 5.92 Å². The van der Waals surface area contributed by atoms with Crippen LogP contribution in [0.1, 0.15) is 12.2 Å². The highest BCUT2D eigenvalue weighted by atomic mass is 16.5. The second kappa shape index (κ2) is 4.37. The minimum atomic E-state index is 0.720. The molecule has 1 aliphatic rings. The molecule has 1 aliphatic heterocycles. The molecule has 0 radical (unpaired) electrons. The third kappa shape index (κ3) is 2.13. The Hall–Kier alpha value is -1.55. The largest absolute Gasteiger partial charge is 0.497 e. The van der Waals surface area contributed by atoms with Gasteiger partial charge >= 0.3 is 0 Å². The summed E-state index contributed by atoms with van der Waals surface area (Å²) in [7, 11) is 1.68. The average Bonchev–Trinajstić information content (AvgIpc) is 2.96. The zero-order valence-electron chi connectivity index (χ0n) is 9.99. The van der Waals surface area contributed by atoms with Crippen LogP contribution in [0.25, 0.3) is 11.0 Å². The van der Waals surface area contributed by atoms with E-state index in [-0.39, 0.29) is 0 Å². The minimum absolute atomic E-state index is 0.720. The SMILES string of the molecule is COc1ccc2nc(CC3CCNC3)[nH]c2c1. The molecule has 1 atom stereocenters. The molecule has 2 heterocycles. The van der Waals surface area contributed by atoms with Gasteiger partial charge in [0.25, 0.3) is 0 Å². The Morgan fingerprint density at radius 2 is 2.41 bits per heavy atom. The molecule has 3 rings (SSSR count). The maximum atomic E-state index is 5.21. The zero-order valence-corrected chi connectivity index (χ0v) is 9.99. The van der Waals surface area contributed by atoms with Crippen molar-refractivity contribution in [3.63, 3.8) is 0 Å². The van der Waals surface area contributed by atoms with Gasteiger partial charge in [-0.25, -0.2) is 4.98 Å². The molecule has 0 spiro atoms. The summed E-state index contributed by atoms with van der Waals surface area (Å²) >= 11 is 0. The highest BCUT2D eigenvalue weighted by Gasteiger charge is 2.16. The summed E-state index contributed by atoms with van der Waals surface area (Å²) < 4.78 is 5.21. The van der Waals surface area contributed by atoms with Gasteiger partial charge in [0, 0.05) is 12.5 Å². The molecule has 0 amide bonds. The van der Waals surface area contributed by atoms with Gasteiger partial charge in [0.05, 0.1) is 18.1 Å². The van der Waals surface area contributed by atoms with E-state index in [4.69, 9.17) is 4.74 Å². The third-order valence-electron chi connectivity index (χ3n) is 3.38. The van der Waals surface area contributed by atoms with E-state index in [2.05, 4.69) is 15.3 Å². The Bertz CT molecular complexity index is 514. The van der Waals surface area contributed by atoms with Crippen LogP contribution in [-0.2, 0) is 6.42 Å². The predicted molar refractivity (Wildman–Crippen MR) is 67.3 cm³/mol. The number of benzene rings is 1. The van der Waals surface area contributed by atoms with E-state index in [1.165, 1.54) is 6.42 Å². The number of ether oxygens (including phenoxy) is 1. The van der Waals surface area contributed by atoms with E-state index in [0.717, 1.165) is 48.0 Å². The number of rotatable bonds is 3. The molecule has 0 bridgehead atoms. The van der Waals surface area contributed by atoms with Crippen molar-refractivity contribution in [1.82, 2.24) is 15.3 Å². The Kier molecular flexibility index (Phi) is 2.73. The van der Waals surface area contributed by atoms with Gasteiger partial charge in [-0.05, 0) is 37.6 Å². The number of fused-ring (bicyclic) bond motifs is 1. The number of methoxy groups -OCH3 is 1. The first-order valence-electron chi connectivity index (χ1n) is 6.08. The second-order valence-corrected chi connectivity index (χ2v) is 4.63. The topological polar surface area (TPSA) is 49.9 Å². The van der Waals surface area contributed by atoms with Crippen molar-refractivity contribution < 1.29 is 4.74 Å². The number of imidazole rings is 1. The Balaban J connectivity index is 1.85. The van der Waals surface area contributed by atoms with E-state index in [1.807, 2.05) is 18.2 Å². The van der Waals surface area contributed by atoms with E-state index in [0.29, 0.717) is 0 Å². The molecule has 0 aliphatic carbocycles. The fraction of sp³-hybridized carbons (Fsp3) is 0.462. The van der Waals surface area contributed by atoms with Gasteiger partial charge < -0.3 is 15.0 Å². The molecule has 2 N–H and O–H groups in total. The first kappa shape index (κ1) is 10.6. The van der Waals surface area contributed by atoms with Crippen LogP contribution < -0.4 is 10.1 Å². The molecule has 90 valence electrons. The van der Waals surface area contributed by atoms with Crippen LogP contribution in [0.2, 0.25) is 0 Å². The summed E-state index contributed by atoms with van der Waals surface area (Å²) in [5, 5.41) is 3.38. The lowest BCUT2D eigenvalue weighted by Gasteiger charge is -2.03. The molecule has 1 saturated heterocycles. The number of hydrogen-bond acceptors (Lipinski definition) is 3. The van der Waals surface area contributed by atoms with Gasteiger partial charge in [0.2, 0.25) is 0 Å². The summed E-state index contributed by atoms with van der Waals surface area (Å²) in [5.41, 5.74) is 2.08. The molecular weight excluding hydrogens is 214 g/mol. The molecule has 4 nitrogen and oxygen atoms in total. The Labute approximate surface area is 100 Å². The van der Waals surface area contributed by atoms with Gasteiger partial charge in [-0.2, -0.15) is 0 Å². The van der Waals surface area contributed by atoms with Gasteiger partial charge in [-0.15, -0.1) is 0 Å². The molecular formula is C13H17N3O. The van der Waals surface area contributed by atoms with Crippen molar-refractivity contribution in [2.45, 2.75) is 12.8 Å². The number of nitrogens with zero attached hydrogens (tertiary/aromatic N) is 1. The lowest BCUT2D eigenvalue weighted by atomic mass is 10.1. The maximum absolute atomic E-state index is 5.21. The molecule has 1 fully saturated rings. The van der Waals surface area contributed by atoms with Crippen molar-refractivity contribution >= 4 is 11.0 Å². The first-order valence-corrected chi connectivity index (χ1v) is 6.08. The van der Waals surface area contributed by atoms with Gasteiger partial charge in [-0.1, -0.05) is 0 Å². The Morgan fingerprint density at radius 3 is 3.18 bits per heavy atom. The fourth-order valence-electron chi connectivity index (χ4n) is 2.43. The summed E-state index contributed by atoms with van der Waals surface area (Å²) in [6, 6.07) is 5.95. The summed E-state index contributed by atoms with van der Waals surface area (Å²) in [6.07, 6.45) is 2.28. The number of hydrogen-bond donors (Lipinski definition) is 2. The number of aromatic amines is 1. The third-order valence-corrected chi connectivity index (χ3v) is 3.38. The number of nitrogens with one attached hydrogen (secondary N) is 2. The van der Waals surface area contributed by atoms with Crippen molar-refractivity contribution in [3.05, 3.63) is 24.0 Å². The summed E-state index contributed by atoms with van der Waals surface area (Å²) in [5.74, 6) is 2.68. The average molecular weight is 231 g/mol. The highest BCUT2D eigenvalue weighted by molar-refractivity contribution is 5.76. The molecule has 2 aromatic rings.